The lowest BCUT2D eigenvalue weighted by atomic mass is 9.98. The van der Waals surface area contributed by atoms with Crippen LogP contribution in [0.2, 0.25) is 0 Å². The number of rotatable bonds is 23. The van der Waals surface area contributed by atoms with Crippen molar-refractivity contribution in [2.45, 2.75) is 164 Å². The Balaban J connectivity index is 1.38. The molecule has 0 spiro atoms. The normalized spacial score (nSPS) is 25.9. The largest absolute Gasteiger partial charge is 0.504 e. The number of phenols is 1. The number of unbranched alkanes of at least 4 members (excludes halogenated alkanes) is 4. The molecule has 470 valence electrons. The van der Waals surface area contributed by atoms with Crippen molar-refractivity contribution in [1.29, 1.82) is 0 Å². The van der Waals surface area contributed by atoms with Gasteiger partial charge in [0.1, 0.15) is 36.3 Å². The van der Waals surface area contributed by atoms with E-state index in [9.17, 15) is 79.5 Å². The Kier molecular flexibility index (Phi) is 25.9. The molecule has 3 saturated heterocycles. The number of phenolic OH excluding ortho intramolecular Hbond substituents is 1. The maximum Gasteiger partial charge on any atom is 0.261 e. The molecule has 0 unspecified atom stereocenters. The van der Waals surface area contributed by atoms with Gasteiger partial charge in [0, 0.05) is 50.4 Å². The number of aryl methyl sites for hydroxylation is 1. The van der Waals surface area contributed by atoms with Gasteiger partial charge in [0.05, 0.1) is 55.9 Å². The number of benzene rings is 3. The summed E-state index contributed by atoms with van der Waals surface area (Å²) in [5, 5.41) is 127. The summed E-state index contributed by atoms with van der Waals surface area (Å²) in [7, 11) is 0. The minimum Gasteiger partial charge on any atom is -0.504 e. The first-order valence-corrected chi connectivity index (χ1v) is 29.1. The zero-order valence-corrected chi connectivity index (χ0v) is 48.3. The van der Waals surface area contributed by atoms with Gasteiger partial charge in [0.25, 0.3) is 18.2 Å². The molecule has 13 atom stereocenters. The topological polar surface area (TPSA) is 428 Å². The highest BCUT2D eigenvalue weighted by atomic mass is 32.2. The number of aliphatic hydroxyl groups excluding tert-OH is 8. The first kappa shape index (κ1) is 67.8. The van der Waals surface area contributed by atoms with Crippen LogP contribution in [0.15, 0.2) is 54.6 Å². The molecular formula is C56H80N8O20S. The number of amides is 7. The van der Waals surface area contributed by atoms with Crippen molar-refractivity contribution >= 4 is 64.4 Å². The fourth-order valence-corrected chi connectivity index (χ4v) is 10.9. The van der Waals surface area contributed by atoms with Crippen LogP contribution in [0.1, 0.15) is 93.6 Å². The van der Waals surface area contributed by atoms with Gasteiger partial charge in [-0.05, 0) is 78.9 Å². The Morgan fingerprint density at radius 3 is 2.13 bits per heavy atom. The SMILES string of the molecule is CCCCCCCc1ccc2cc(C(=O)N[C@H]3C[C@@H](O)CNC(=O)[C@@H]4[C@@H](O)[C@@H](C)CN4C(=O)[C@H]([C@H](O)CCNC(CO)CO)NC(=O)[C@H]([C@H](O)Cc4ccc(O)c(OSOOO)c4)NC(=O)[C@@H]4C[C@@H](O)CN4C(=O)[C@H]([C@@H](C)O)NC3=O)ccc2c1. The van der Waals surface area contributed by atoms with Gasteiger partial charge in [-0.2, -0.15) is 0 Å². The number of nitrogens with zero attached hydrogens (tertiary/aromatic N) is 2. The second kappa shape index (κ2) is 32.4. The molecule has 6 rings (SSSR count). The third-order valence-electron chi connectivity index (χ3n) is 15.4. The third-order valence-corrected chi connectivity index (χ3v) is 15.8. The molecule has 3 aromatic rings. The Hall–Kier alpha value is -6.32. The standard InChI is InChI=1S/C56H80N8O20S/c1-4-5-6-7-8-9-31-10-12-34-21-35(14-13-33(34)18-31)50(74)59-39-22-37(68)24-58-54(78)48-49(73)29(2)25-64(48)56(80)47(42(71)16-17-57-36(27-65)28-66)62-53(77)46(43(72)19-32-11-15-41(70)44(20-32)82-85-84-83-81)61-52(76)40-23-38(69)26-63(40)55(79)45(30(3)67)60-51(39)75/h10-15,18,20-21,29-30,36-40,42-43,45-49,57,65-73,81H,4-9,16-17,19,22-28H2,1-3H3,(H,58,78)(H,59,74)(H,60,75)(H,61,76)(H,62,77)/t29-,30+,37+,38+,39-,40-,42+,43+,45-,46-,47-,48-,49-/m0/s1. The summed E-state index contributed by atoms with van der Waals surface area (Å²) in [5.74, 6) is -9.40. The third kappa shape index (κ3) is 18.4. The molecule has 3 aliphatic rings. The molecule has 3 heterocycles. The molecule has 0 saturated carbocycles. The number of carbonyl (C=O) groups excluding carboxylic acids is 7. The van der Waals surface area contributed by atoms with Crippen LogP contribution in [0.5, 0.6) is 11.5 Å². The molecule has 3 aliphatic heterocycles. The Morgan fingerprint density at radius 2 is 1.42 bits per heavy atom. The monoisotopic (exact) mass is 1220 g/mol. The van der Waals surface area contributed by atoms with Gasteiger partial charge in [-0.3, -0.25) is 33.6 Å². The summed E-state index contributed by atoms with van der Waals surface area (Å²) < 4.78 is 9.35. The Bertz CT molecular complexity index is 2760. The highest BCUT2D eigenvalue weighted by molar-refractivity contribution is 7.90. The lowest BCUT2D eigenvalue weighted by Crippen LogP contribution is -2.64. The number of aliphatic hydroxyl groups is 8. The molecule has 7 amide bonds. The number of aromatic hydroxyl groups is 1. The minimum absolute atomic E-state index is 0.0721. The van der Waals surface area contributed by atoms with Crippen molar-refractivity contribution in [1.82, 2.24) is 41.7 Å². The van der Waals surface area contributed by atoms with Gasteiger partial charge in [0.15, 0.2) is 11.5 Å². The fraction of sp³-hybridized carbons (Fsp3) is 0.589. The summed E-state index contributed by atoms with van der Waals surface area (Å²) in [5.41, 5.74) is 1.34. The average Bonchev–Trinajstić information content (AvgIpc) is 2.86. The van der Waals surface area contributed by atoms with Crippen LogP contribution >= 0.6 is 12.3 Å². The summed E-state index contributed by atoms with van der Waals surface area (Å²) in [6.07, 6.45) is -6.02. The van der Waals surface area contributed by atoms with E-state index in [4.69, 9.17) is 9.44 Å². The predicted octanol–water partition coefficient (Wildman–Crippen LogP) is -2.30. The van der Waals surface area contributed by atoms with Crippen molar-refractivity contribution in [2.24, 2.45) is 5.92 Å². The van der Waals surface area contributed by atoms with E-state index in [0.717, 1.165) is 65.8 Å². The Morgan fingerprint density at radius 1 is 0.753 bits per heavy atom. The van der Waals surface area contributed by atoms with Crippen LogP contribution < -0.4 is 36.1 Å². The van der Waals surface area contributed by atoms with Crippen LogP contribution in [0.25, 0.3) is 10.8 Å². The maximum atomic E-state index is 14.9. The first-order valence-electron chi connectivity index (χ1n) is 28.4. The van der Waals surface area contributed by atoms with Crippen molar-refractivity contribution in [3.05, 3.63) is 71.3 Å². The van der Waals surface area contributed by atoms with E-state index in [1.165, 1.54) is 25.5 Å². The van der Waals surface area contributed by atoms with Crippen LogP contribution in [0, 0.1) is 5.92 Å². The highest BCUT2D eigenvalue weighted by Crippen LogP contribution is 2.32. The summed E-state index contributed by atoms with van der Waals surface area (Å²) in [6, 6.07) is 2.18. The van der Waals surface area contributed by atoms with E-state index in [0.29, 0.717) is 5.39 Å². The minimum atomic E-state index is -2.14. The molecular weight excluding hydrogens is 1140 g/mol. The smallest absolute Gasteiger partial charge is 0.261 e. The van der Waals surface area contributed by atoms with Gasteiger partial charge in [-0.15, -0.1) is 0 Å². The van der Waals surface area contributed by atoms with Crippen molar-refractivity contribution < 1.29 is 98.3 Å². The molecule has 29 heteroatoms. The second-order valence-corrected chi connectivity index (χ2v) is 22.4. The van der Waals surface area contributed by atoms with Crippen LogP contribution in [-0.2, 0) is 51.0 Å². The number of carbonyl (C=O) groups is 7. The number of fused-ring (bicyclic) bond motifs is 3. The summed E-state index contributed by atoms with van der Waals surface area (Å²) >= 11 is 0.0721. The van der Waals surface area contributed by atoms with Gasteiger partial charge >= 0.3 is 0 Å². The van der Waals surface area contributed by atoms with E-state index >= 15 is 0 Å². The molecule has 85 heavy (non-hydrogen) atoms. The number of hydrogen-bond donors (Lipinski definition) is 16. The van der Waals surface area contributed by atoms with Gasteiger partial charge < -0.3 is 91.8 Å². The quantitative estimate of drug-likeness (QED) is 0.0205. The van der Waals surface area contributed by atoms with Crippen molar-refractivity contribution in [2.75, 3.05) is 39.4 Å². The van der Waals surface area contributed by atoms with Crippen molar-refractivity contribution in [3.63, 3.8) is 0 Å². The number of β-amino-alcohol motifs (C(OH)–C–C–N with tert-alkyl or cyclic N) is 1. The maximum absolute atomic E-state index is 14.9. The van der Waals surface area contributed by atoms with Crippen LogP contribution in [0.4, 0.5) is 0 Å². The van der Waals surface area contributed by atoms with Gasteiger partial charge in [0.2, 0.25) is 35.4 Å². The molecule has 0 aromatic heterocycles. The lowest BCUT2D eigenvalue weighted by Gasteiger charge is -2.34. The molecule has 0 bridgehead atoms. The Labute approximate surface area is 494 Å². The molecule has 3 fully saturated rings. The van der Waals surface area contributed by atoms with E-state index in [1.54, 1.807) is 18.2 Å². The summed E-state index contributed by atoms with van der Waals surface area (Å²) in [4.78, 5) is 104. The highest BCUT2D eigenvalue weighted by Gasteiger charge is 2.50. The predicted molar refractivity (Wildman–Crippen MR) is 303 cm³/mol. The van der Waals surface area contributed by atoms with E-state index in [1.807, 2.05) is 18.2 Å². The molecule has 0 aliphatic carbocycles. The van der Waals surface area contributed by atoms with E-state index in [2.05, 4.69) is 48.2 Å². The molecule has 28 nitrogen and oxygen atoms in total. The van der Waals surface area contributed by atoms with E-state index < -0.39 is 184 Å². The zero-order chi connectivity index (χ0) is 62.1. The fourth-order valence-electron chi connectivity index (χ4n) is 10.6. The number of nitrogens with one attached hydrogen (secondary N) is 6. The average molecular weight is 1220 g/mol. The summed E-state index contributed by atoms with van der Waals surface area (Å²) in [6.45, 7) is 1.94. The molecule has 16 N–H and O–H groups in total. The van der Waals surface area contributed by atoms with E-state index in [-0.39, 0.29) is 42.3 Å². The van der Waals surface area contributed by atoms with Crippen LogP contribution in [-0.4, -0.2) is 221 Å². The van der Waals surface area contributed by atoms with Gasteiger partial charge in [-0.1, -0.05) is 79.2 Å². The van der Waals surface area contributed by atoms with Crippen molar-refractivity contribution in [3.8, 4) is 11.5 Å². The molecule has 0 radical (unpaired) electrons. The second-order valence-electron chi connectivity index (χ2n) is 22.0. The van der Waals surface area contributed by atoms with Gasteiger partial charge in [-0.25, -0.2) is 5.26 Å². The molecule has 3 aromatic carbocycles. The first-order chi connectivity index (χ1) is 40.6. The number of hydrogen-bond acceptors (Lipinski definition) is 22. The zero-order valence-electron chi connectivity index (χ0n) is 47.5. The lowest BCUT2D eigenvalue weighted by molar-refractivity contribution is -0.433. The van der Waals surface area contributed by atoms with Crippen LogP contribution in [0.3, 0.4) is 0 Å².